The van der Waals surface area contributed by atoms with Crippen LogP contribution in [0.1, 0.15) is 39.0 Å². The molecule has 0 bridgehead atoms. The van der Waals surface area contributed by atoms with Crippen LogP contribution in [0.25, 0.3) is 0 Å². The first-order valence-electron chi connectivity index (χ1n) is 6.25. The number of unbranched alkanes of at least 4 members (excludes halogenated alkanes) is 1. The SMILES string of the molecule is CC1CC(C(=O)NCCCCC(N)=O)(C(N)=S)C1. The fraction of sp³-hybridized carbons (Fsp3) is 0.750. The van der Waals surface area contributed by atoms with Crippen molar-refractivity contribution < 1.29 is 9.59 Å². The maximum absolute atomic E-state index is 12.1. The Balaban J connectivity index is 2.31. The maximum atomic E-state index is 12.1. The molecule has 0 saturated heterocycles. The molecule has 0 aromatic heterocycles. The van der Waals surface area contributed by atoms with E-state index in [-0.39, 0.29) is 16.8 Å². The molecule has 1 aliphatic carbocycles. The Morgan fingerprint density at radius 2 is 1.94 bits per heavy atom. The van der Waals surface area contributed by atoms with Gasteiger partial charge in [-0.15, -0.1) is 0 Å². The summed E-state index contributed by atoms with van der Waals surface area (Å²) in [6, 6.07) is 0. The van der Waals surface area contributed by atoms with Gasteiger partial charge in [-0.25, -0.2) is 0 Å². The standard InChI is InChI=1S/C12H21N3O2S/c1-8-6-12(7-8,10(14)18)11(17)15-5-3-2-4-9(13)16/h8H,2-7H2,1H3,(H2,13,16)(H2,14,18)(H,15,17). The van der Waals surface area contributed by atoms with Crippen LogP contribution >= 0.6 is 12.2 Å². The van der Waals surface area contributed by atoms with Crippen molar-refractivity contribution in [3.63, 3.8) is 0 Å². The molecule has 0 atom stereocenters. The van der Waals surface area contributed by atoms with E-state index in [0.29, 0.717) is 25.3 Å². The minimum atomic E-state index is -0.640. The van der Waals surface area contributed by atoms with Crippen LogP contribution in [-0.4, -0.2) is 23.3 Å². The molecule has 0 aromatic rings. The third-order valence-electron chi connectivity index (χ3n) is 3.44. The van der Waals surface area contributed by atoms with E-state index in [0.717, 1.165) is 19.3 Å². The first-order valence-corrected chi connectivity index (χ1v) is 6.66. The van der Waals surface area contributed by atoms with Crippen molar-refractivity contribution in [2.24, 2.45) is 22.8 Å². The summed E-state index contributed by atoms with van der Waals surface area (Å²) < 4.78 is 0. The molecule has 0 heterocycles. The van der Waals surface area contributed by atoms with Gasteiger partial charge in [-0.1, -0.05) is 19.1 Å². The number of nitrogens with one attached hydrogen (secondary N) is 1. The molecule has 0 aromatic carbocycles. The quantitative estimate of drug-likeness (QED) is 0.463. The van der Waals surface area contributed by atoms with E-state index in [4.69, 9.17) is 23.7 Å². The van der Waals surface area contributed by atoms with E-state index in [1.54, 1.807) is 0 Å². The highest BCUT2D eigenvalue weighted by Gasteiger charge is 2.50. The number of nitrogens with two attached hydrogens (primary N) is 2. The number of hydrogen-bond acceptors (Lipinski definition) is 3. The minimum Gasteiger partial charge on any atom is -0.392 e. The lowest BCUT2D eigenvalue weighted by molar-refractivity contribution is -0.132. The fourth-order valence-electron chi connectivity index (χ4n) is 2.42. The lowest BCUT2D eigenvalue weighted by Gasteiger charge is -2.44. The molecule has 1 saturated carbocycles. The summed E-state index contributed by atoms with van der Waals surface area (Å²) in [5, 5.41) is 2.84. The second kappa shape index (κ2) is 6.13. The van der Waals surface area contributed by atoms with Crippen LogP contribution in [0, 0.1) is 11.3 Å². The van der Waals surface area contributed by atoms with Crippen molar-refractivity contribution in [1.29, 1.82) is 0 Å². The molecule has 0 aliphatic heterocycles. The molecule has 102 valence electrons. The van der Waals surface area contributed by atoms with Crippen molar-refractivity contribution in [3.8, 4) is 0 Å². The highest BCUT2D eigenvalue weighted by molar-refractivity contribution is 7.80. The molecular formula is C12H21N3O2S. The van der Waals surface area contributed by atoms with Crippen LogP contribution in [0.3, 0.4) is 0 Å². The van der Waals surface area contributed by atoms with Gasteiger partial charge in [0.2, 0.25) is 11.8 Å². The summed E-state index contributed by atoms with van der Waals surface area (Å²) in [5.41, 5.74) is 10.1. The fourth-order valence-corrected chi connectivity index (χ4v) is 2.68. The maximum Gasteiger partial charge on any atom is 0.233 e. The lowest BCUT2D eigenvalue weighted by Crippen LogP contribution is -2.56. The summed E-state index contributed by atoms with van der Waals surface area (Å²) in [5.74, 6) is 0.105. The molecule has 0 spiro atoms. The number of carbonyl (C=O) groups excluding carboxylic acids is 2. The molecule has 0 unspecified atom stereocenters. The van der Waals surface area contributed by atoms with Gasteiger partial charge in [-0.2, -0.15) is 0 Å². The smallest absolute Gasteiger partial charge is 0.233 e. The summed E-state index contributed by atoms with van der Waals surface area (Å²) in [6.07, 6.45) is 3.24. The molecule has 5 nitrogen and oxygen atoms in total. The van der Waals surface area contributed by atoms with Crippen LogP contribution in [0.2, 0.25) is 0 Å². The summed E-state index contributed by atoms with van der Waals surface area (Å²) in [7, 11) is 0. The van der Waals surface area contributed by atoms with Crippen molar-refractivity contribution in [3.05, 3.63) is 0 Å². The largest absolute Gasteiger partial charge is 0.392 e. The molecular weight excluding hydrogens is 250 g/mol. The van der Waals surface area contributed by atoms with Crippen LogP contribution in [0.5, 0.6) is 0 Å². The number of amides is 2. The van der Waals surface area contributed by atoms with Crippen molar-refractivity contribution in [2.45, 2.75) is 39.0 Å². The molecule has 0 radical (unpaired) electrons. The Labute approximate surface area is 113 Å². The van der Waals surface area contributed by atoms with Crippen molar-refractivity contribution >= 4 is 29.0 Å². The average molecular weight is 271 g/mol. The van der Waals surface area contributed by atoms with Gasteiger partial charge in [0, 0.05) is 13.0 Å². The molecule has 5 N–H and O–H groups in total. The van der Waals surface area contributed by atoms with Gasteiger partial charge in [-0.05, 0) is 31.6 Å². The Hall–Kier alpha value is -1.17. The Bertz CT molecular complexity index is 351. The highest BCUT2D eigenvalue weighted by Crippen LogP contribution is 2.45. The van der Waals surface area contributed by atoms with Gasteiger partial charge in [0.15, 0.2) is 0 Å². The summed E-state index contributed by atoms with van der Waals surface area (Å²) in [6.45, 7) is 2.61. The Morgan fingerprint density at radius 3 is 2.39 bits per heavy atom. The molecule has 1 fully saturated rings. The van der Waals surface area contributed by atoms with E-state index in [9.17, 15) is 9.59 Å². The third kappa shape index (κ3) is 3.41. The van der Waals surface area contributed by atoms with Crippen LogP contribution in [-0.2, 0) is 9.59 Å². The zero-order chi connectivity index (χ0) is 13.8. The Kier molecular flexibility index (Phi) is 5.07. The topological polar surface area (TPSA) is 98.2 Å². The monoisotopic (exact) mass is 271 g/mol. The van der Waals surface area contributed by atoms with E-state index in [2.05, 4.69) is 12.2 Å². The Morgan fingerprint density at radius 1 is 1.33 bits per heavy atom. The van der Waals surface area contributed by atoms with Crippen LogP contribution < -0.4 is 16.8 Å². The zero-order valence-corrected chi connectivity index (χ0v) is 11.5. The summed E-state index contributed by atoms with van der Waals surface area (Å²) in [4.78, 5) is 22.9. The first-order chi connectivity index (χ1) is 8.38. The number of primary amides is 1. The van der Waals surface area contributed by atoms with Gasteiger partial charge in [0.25, 0.3) is 0 Å². The lowest BCUT2D eigenvalue weighted by atomic mass is 9.62. The second-order valence-corrected chi connectivity index (χ2v) is 5.58. The van der Waals surface area contributed by atoms with Crippen molar-refractivity contribution in [1.82, 2.24) is 5.32 Å². The molecule has 18 heavy (non-hydrogen) atoms. The molecule has 1 rings (SSSR count). The van der Waals surface area contributed by atoms with Crippen LogP contribution in [0.4, 0.5) is 0 Å². The third-order valence-corrected chi connectivity index (χ3v) is 3.83. The van der Waals surface area contributed by atoms with E-state index in [1.165, 1.54) is 0 Å². The highest BCUT2D eigenvalue weighted by atomic mass is 32.1. The van der Waals surface area contributed by atoms with E-state index >= 15 is 0 Å². The van der Waals surface area contributed by atoms with E-state index < -0.39 is 5.41 Å². The predicted molar refractivity (Wildman–Crippen MR) is 73.7 cm³/mol. The molecule has 6 heteroatoms. The number of hydrogen-bond donors (Lipinski definition) is 3. The van der Waals surface area contributed by atoms with Gasteiger partial charge in [-0.3, -0.25) is 9.59 Å². The first kappa shape index (κ1) is 14.9. The number of carbonyl (C=O) groups is 2. The summed E-state index contributed by atoms with van der Waals surface area (Å²) >= 11 is 5.00. The van der Waals surface area contributed by atoms with Gasteiger partial charge in [0.05, 0.1) is 10.4 Å². The average Bonchev–Trinajstić information content (AvgIpc) is 2.22. The van der Waals surface area contributed by atoms with Gasteiger partial charge < -0.3 is 16.8 Å². The van der Waals surface area contributed by atoms with Crippen LogP contribution in [0.15, 0.2) is 0 Å². The normalized spacial score (nSPS) is 26.2. The number of thiocarbonyl (C=S) groups is 1. The second-order valence-electron chi connectivity index (χ2n) is 5.14. The van der Waals surface area contributed by atoms with E-state index in [1.807, 2.05) is 0 Å². The minimum absolute atomic E-state index is 0.0767. The zero-order valence-electron chi connectivity index (χ0n) is 10.7. The molecule has 1 aliphatic rings. The number of rotatable bonds is 7. The van der Waals surface area contributed by atoms with Crippen molar-refractivity contribution in [2.75, 3.05) is 6.54 Å². The van der Waals surface area contributed by atoms with Gasteiger partial charge in [0.1, 0.15) is 0 Å². The molecule has 2 amide bonds. The predicted octanol–water partition coefficient (Wildman–Crippen LogP) is 0.461. The van der Waals surface area contributed by atoms with Gasteiger partial charge >= 0.3 is 0 Å².